The fourth-order valence-electron chi connectivity index (χ4n) is 2.45. The third-order valence-corrected chi connectivity index (χ3v) is 3.70. The smallest absolute Gasteiger partial charge is 0.258 e. The Hall–Kier alpha value is -2.47. The molecule has 2 heterocycles. The second kappa shape index (κ2) is 5.49. The van der Waals surface area contributed by atoms with E-state index < -0.39 is 0 Å². The summed E-state index contributed by atoms with van der Waals surface area (Å²) in [5.74, 6) is 0.593. The number of pyridine rings is 1. The molecule has 1 unspecified atom stereocenters. The molecule has 0 saturated carbocycles. The van der Waals surface area contributed by atoms with Crippen molar-refractivity contribution in [3.05, 3.63) is 58.5 Å². The quantitative estimate of drug-likeness (QED) is 0.760. The van der Waals surface area contributed by atoms with Crippen LogP contribution in [-0.4, -0.2) is 26.8 Å². The number of fused-ring (bicyclic) bond motifs is 1. The van der Waals surface area contributed by atoms with E-state index in [1.807, 2.05) is 37.5 Å². The van der Waals surface area contributed by atoms with E-state index in [9.17, 15) is 4.79 Å². The molecule has 0 aliphatic heterocycles. The average molecular weight is 283 g/mol. The van der Waals surface area contributed by atoms with E-state index in [0.29, 0.717) is 17.8 Å². The van der Waals surface area contributed by atoms with E-state index >= 15 is 0 Å². The van der Waals surface area contributed by atoms with Gasteiger partial charge in [0.25, 0.3) is 5.56 Å². The summed E-state index contributed by atoms with van der Waals surface area (Å²) in [4.78, 5) is 16.7. The third-order valence-electron chi connectivity index (χ3n) is 3.70. The van der Waals surface area contributed by atoms with Crippen molar-refractivity contribution in [3.8, 4) is 0 Å². The molecule has 0 spiro atoms. The van der Waals surface area contributed by atoms with Gasteiger partial charge in [-0.25, -0.2) is 4.98 Å². The van der Waals surface area contributed by atoms with Crippen LogP contribution in [0.4, 0.5) is 0 Å². The van der Waals surface area contributed by atoms with E-state index in [1.54, 1.807) is 4.57 Å². The van der Waals surface area contributed by atoms with Crippen molar-refractivity contribution in [2.24, 2.45) is 0 Å². The highest BCUT2D eigenvalue weighted by Gasteiger charge is 2.13. The number of benzene rings is 1. The zero-order chi connectivity index (χ0) is 14.8. The molecule has 0 radical (unpaired) electrons. The molecule has 1 atom stereocenters. The lowest BCUT2D eigenvalue weighted by atomic mass is 10.0. The Balaban J connectivity index is 2.21. The minimum atomic E-state index is -0.0255. The molecule has 21 heavy (non-hydrogen) atoms. The van der Waals surface area contributed by atoms with Crippen molar-refractivity contribution in [1.82, 2.24) is 25.1 Å². The summed E-state index contributed by atoms with van der Waals surface area (Å²) in [6.45, 7) is 2.43. The van der Waals surface area contributed by atoms with Gasteiger partial charge in [-0.2, -0.15) is 5.10 Å². The number of aromatic nitrogens is 4. The Kier molecular flexibility index (Phi) is 3.53. The van der Waals surface area contributed by atoms with Gasteiger partial charge in [0.15, 0.2) is 5.82 Å². The van der Waals surface area contributed by atoms with Crippen LogP contribution >= 0.6 is 0 Å². The van der Waals surface area contributed by atoms with Crippen LogP contribution in [0.2, 0.25) is 0 Å². The molecule has 0 amide bonds. The summed E-state index contributed by atoms with van der Waals surface area (Å²) in [5.41, 5.74) is 1.06. The fourth-order valence-corrected chi connectivity index (χ4v) is 2.45. The van der Waals surface area contributed by atoms with Crippen molar-refractivity contribution >= 4 is 10.8 Å². The molecular formula is C15H17N5O. The largest absolute Gasteiger partial charge is 0.313 e. The number of nitrogens with zero attached hydrogens (tertiary/aromatic N) is 3. The number of rotatable bonds is 4. The zero-order valence-electron chi connectivity index (χ0n) is 12.0. The second-order valence-electron chi connectivity index (χ2n) is 4.99. The van der Waals surface area contributed by atoms with Crippen LogP contribution in [0.1, 0.15) is 24.4 Å². The maximum Gasteiger partial charge on any atom is 0.258 e. The minimum Gasteiger partial charge on any atom is -0.313 e. The van der Waals surface area contributed by atoms with Crippen molar-refractivity contribution in [2.75, 3.05) is 7.05 Å². The van der Waals surface area contributed by atoms with E-state index in [-0.39, 0.29) is 11.6 Å². The molecule has 2 N–H and O–H groups in total. The normalized spacial score (nSPS) is 12.7. The molecule has 0 aliphatic carbocycles. The van der Waals surface area contributed by atoms with Gasteiger partial charge in [0.2, 0.25) is 0 Å². The first-order valence-electron chi connectivity index (χ1n) is 6.84. The Bertz CT molecular complexity index is 807. The van der Waals surface area contributed by atoms with Crippen LogP contribution < -0.4 is 10.9 Å². The van der Waals surface area contributed by atoms with E-state index in [1.165, 1.54) is 6.33 Å². The monoisotopic (exact) mass is 283 g/mol. The van der Waals surface area contributed by atoms with Gasteiger partial charge in [-0.05, 0) is 31.0 Å². The van der Waals surface area contributed by atoms with Crippen LogP contribution in [0.25, 0.3) is 10.8 Å². The van der Waals surface area contributed by atoms with Crippen LogP contribution in [0.5, 0.6) is 0 Å². The van der Waals surface area contributed by atoms with Gasteiger partial charge in [-0.1, -0.05) is 18.2 Å². The summed E-state index contributed by atoms with van der Waals surface area (Å²) >= 11 is 0. The van der Waals surface area contributed by atoms with E-state index in [2.05, 4.69) is 27.4 Å². The first kappa shape index (κ1) is 13.5. The Morgan fingerprint density at radius 1 is 1.33 bits per heavy atom. The minimum absolute atomic E-state index is 0.0255. The lowest BCUT2D eigenvalue weighted by Gasteiger charge is -2.16. The Morgan fingerprint density at radius 2 is 2.10 bits per heavy atom. The first-order valence-corrected chi connectivity index (χ1v) is 6.84. The number of nitrogens with one attached hydrogen (secondary N) is 2. The SMILES string of the molecule is CNC(C)c1cn(Cc2nc[nH]n2)c(=O)c2ccccc12. The van der Waals surface area contributed by atoms with Gasteiger partial charge in [0.05, 0.1) is 6.54 Å². The lowest BCUT2D eigenvalue weighted by molar-refractivity contribution is 0.637. The van der Waals surface area contributed by atoms with Gasteiger partial charge < -0.3 is 9.88 Å². The fraction of sp³-hybridized carbons (Fsp3) is 0.267. The number of hydrogen-bond acceptors (Lipinski definition) is 4. The van der Waals surface area contributed by atoms with Crippen molar-refractivity contribution < 1.29 is 0 Å². The number of aromatic amines is 1. The van der Waals surface area contributed by atoms with Crippen molar-refractivity contribution in [3.63, 3.8) is 0 Å². The highest BCUT2D eigenvalue weighted by atomic mass is 16.1. The van der Waals surface area contributed by atoms with Crippen LogP contribution in [0.3, 0.4) is 0 Å². The molecule has 6 nitrogen and oxygen atoms in total. The number of H-pyrrole nitrogens is 1. The zero-order valence-corrected chi connectivity index (χ0v) is 12.0. The predicted molar refractivity (Wildman–Crippen MR) is 81.2 cm³/mol. The average Bonchev–Trinajstić information content (AvgIpc) is 3.02. The first-order chi connectivity index (χ1) is 10.2. The van der Waals surface area contributed by atoms with Crippen LogP contribution in [0, 0.1) is 0 Å². The maximum absolute atomic E-state index is 12.6. The van der Waals surface area contributed by atoms with Crippen LogP contribution in [0.15, 0.2) is 41.6 Å². The number of hydrogen-bond donors (Lipinski definition) is 2. The summed E-state index contributed by atoms with van der Waals surface area (Å²) < 4.78 is 1.66. The Labute approximate surface area is 121 Å². The van der Waals surface area contributed by atoms with Gasteiger partial charge in [0.1, 0.15) is 6.33 Å². The molecule has 1 aromatic carbocycles. The summed E-state index contributed by atoms with van der Waals surface area (Å²) in [6.07, 6.45) is 3.40. The van der Waals surface area contributed by atoms with Gasteiger partial charge in [0, 0.05) is 17.6 Å². The molecule has 0 aliphatic rings. The van der Waals surface area contributed by atoms with Gasteiger partial charge >= 0.3 is 0 Å². The molecule has 0 saturated heterocycles. The van der Waals surface area contributed by atoms with Crippen LogP contribution in [-0.2, 0) is 6.54 Å². The summed E-state index contributed by atoms with van der Waals surface area (Å²) in [7, 11) is 1.91. The van der Waals surface area contributed by atoms with E-state index in [0.717, 1.165) is 10.9 Å². The highest BCUT2D eigenvalue weighted by molar-refractivity contribution is 5.85. The highest BCUT2D eigenvalue weighted by Crippen LogP contribution is 2.21. The summed E-state index contributed by atoms with van der Waals surface area (Å²) in [6, 6.07) is 7.82. The van der Waals surface area contributed by atoms with Crippen molar-refractivity contribution in [2.45, 2.75) is 19.5 Å². The van der Waals surface area contributed by atoms with Gasteiger partial charge in [-0.15, -0.1) is 0 Å². The van der Waals surface area contributed by atoms with E-state index in [4.69, 9.17) is 0 Å². The van der Waals surface area contributed by atoms with Crippen molar-refractivity contribution in [1.29, 1.82) is 0 Å². The molecule has 2 aromatic heterocycles. The second-order valence-corrected chi connectivity index (χ2v) is 4.99. The molecule has 3 rings (SSSR count). The lowest BCUT2D eigenvalue weighted by Crippen LogP contribution is -2.24. The third kappa shape index (κ3) is 2.45. The van der Waals surface area contributed by atoms with Gasteiger partial charge in [-0.3, -0.25) is 9.89 Å². The standard InChI is InChI=1S/C15H17N5O/c1-10(16-2)13-7-20(8-14-17-9-18-19-14)15(21)12-6-4-3-5-11(12)13/h3-7,9-10,16H,8H2,1-2H3,(H,17,18,19). The molecule has 0 bridgehead atoms. The molecule has 3 aromatic rings. The molecule has 108 valence electrons. The molecule has 0 fully saturated rings. The Morgan fingerprint density at radius 3 is 2.76 bits per heavy atom. The molecular weight excluding hydrogens is 266 g/mol. The molecule has 6 heteroatoms. The summed E-state index contributed by atoms with van der Waals surface area (Å²) in [5, 5.41) is 11.6. The topological polar surface area (TPSA) is 75.6 Å². The maximum atomic E-state index is 12.6. The predicted octanol–water partition coefficient (Wildman–Crippen LogP) is 1.45.